The molecule has 0 saturated carbocycles. The fraction of sp³-hybridized carbons (Fsp3) is 0.389. The highest BCUT2D eigenvalue weighted by Crippen LogP contribution is 2.23. The Bertz CT molecular complexity index is 732. The number of carbonyl (C=O) groups is 2. The van der Waals surface area contributed by atoms with Crippen molar-refractivity contribution in [1.82, 2.24) is 10.1 Å². The molecular weight excluding hydrogens is 306 g/mol. The molecule has 2 rings (SSSR count). The quantitative estimate of drug-likeness (QED) is 0.914. The number of nitrogens with zero attached hydrogens (tertiary/aromatic N) is 2. The van der Waals surface area contributed by atoms with E-state index in [1.807, 2.05) is 45.0 Å². The van der Waals surface area contributed by atoms with Gasteiger partial charge in [-0.25, -0.2) is 0 Å². The van der Waals surface area contributed by atoms with Crippen LogP contribution in [0.2, 0.25) is 0 Å². The van der Waals surface area contributed by atoms with Crippen LogP contribution >= 0.6 is 0 Å². The van der Waals surface area contributed by atoms with Crippen molar-refractivity contribution >= 4 is 17.5 Å². The van der Waals surface area contributed by atoms with E-state index >= 15 is 0 Å². The van der Waals surface area contributed by atoms with Crippen LogP contribution in [-0.4, -0.2) is 35.5 Å². The topological polar surface area (TPSA) is 75.4 Å². The van der Waals surface area contributed by atoms with E-state index in [2.05, 4.69) is 10.5 Å². The molecule has 1 aromatic carbocycles. The summed E-state index contributed by atoms with van der Waals surface area (Å²) in [6.45, 7) is 7.52. The van der Waals surface area contributed by atoms with Crippen molar-refractivity contribution < 1.29 is 14.1 Å². The summed E-state index contributed by atoms with van der Waals surface area (Å²) in [6, 6.07) is 7.49. The Balaban J connectivity index is 2.05. The Morgan fingerprint density at radius 1 is 1.21 bits per heavy atom. The smallest absolute Gasteiger partial charge is 0.259 e. The summed E-state index contributed by atoms with van der Waals surface area (Å²) in [5.74, 6) is 0.0645. The summed E-state index contributed by atoms with van der Waals surface area (Å²) in [4.78, 5) is 26.1. The SMILES string of the molecule is Cc1ccc(NC(=O)CN(C)C(=O)c2c(C)noc2C(C)C)cc1. The predicted molar refractivity (Wildman–Crippen MR) is 92.1 cm³/mol. The molecule has 0 aliphatic rings. The third-order valence-electron chi connectivity index (χ3n) is 3.69. The minimum Gasteiger partial charge on any atom is -0.360 e. The van der Waals surface area contributed by atoms with E-state index in [0.29, 0.717) is 22.7 Å². The van der Waals surface area contributed by atoms with Gasteiger partial charge >= 0.3 is 0 Å². The Kier molecular flexibility index (Phi) is 5.39. The lowest BCUT2D eigenvalue weighted by molar-refractivity contribution is -0.116. The van der Waals surface area contributed by atoms with Crippen LogP contribution in [0, 0.1) is 13.8 Å². The Labute approximate surface area is 141 Å². The van der Waals surface area contributed by atoms with Gasteiger partial charge in [0, 0.05) is 18.7 Å². The molecule has 0 spiro atoms. The van der Waals surface area contributed by atoms with Crippen molar-refractivity contribution in [3.05, 3.63) is 46.8 Å². The molecule has 0 aliphatic carbocycles. The molecule has 0 radical (unpaired) electrons. The second-order valence-electron chi connectivity index (χ2n) is 6.24. The molecule has 0 unspecified atom stereocenters. The van der Waals surface area contributed by atoms with E-state index in [4.69, 9.17) is 4.52 Å². The van der Waals surface area contributed by atoms with Crippen LogP contribution in [-0.2, 0) is 4.79 Å². The van der Waals surface area contributed by atoms with Crippen LogP contribution in [0.1, 0.15) is 47.1 Å². The molecular formula is C18H23N3O3. The van der Waals surface area contributed by atoms with Crippen molar-refractivity contribution in [3.8, 4) is 0 Å². The van der Waals surface area contributed by atoms with E-state index in [1.54, 1.807) is 14.0 Å². The van der Waals surface area contributed by atoms with Crippen LogP contribution in [0.3, 0.4) is 0 Å². The summed E-state index contributed by atoms with van der Waals surface area (Å²) in [5, 5.41) is 6.65. The second-order valence-corrected chi connectivity index (χ2v) is 6.24. The molecule has 24 heavy (non-hydrogen) atoms. The highest BCUT2D eigenvalue weighted by atomic mass is 16.5. The number of nitrogens with one attached hydrogen (secondary N) is 1. The summed E-state index contributed by atoms with van der Waals surface area (Å²) in [5.41, 5.74) is 2.80. The van der Waals surface area contributed by atoms with Gasteiger partial charge in [-0.15, -0.1) is 0 Å². The normalized spacial score (nSPS) is 10.8. The molecule has 1 N–H and O–H groups in total. The van der Waals surface area contributed by atoms with Gasteiger partial charge in [0.05, 0.1) is 12.2 Å². The summed E-state index contributed by atoms with van der Waals surface area (Å²) >= 11 is 0. The lowest BCUT2D eigenvalue weighted by atomic mass is 10.0. The predicted octanol–water partition coefficient (Wildman–Crippen LogP) is 3.13. The van der Waals surface area contributed by atoms with Crippen molar-refractivity contribution in [2.45, 2.75) is 33.6 Å². The van der Waals surface area contributed by atoms with E-state index in [-0.39, 0.29) is 24.3 Å². The molecule has 2 amide bonds. The van der Waals surface area contributed by atoms with E-state index in [0.717, 1.165) is 5.56 Å². The van der Waals surface area contributed by atoms with E-state index < -0.39 is 0 Å². The number of hydrogen-bond acceptors (Lipinski definition) is 4. The Morgan fingerprint density at radius 3 is 2.42 bits per heavy atom. The minimum atomic E-state index is -0.267. The second kappa shape index (κ2) is 7.29. The fourth-order valence-electron chi connectivity index (χ4n) is 2.36. The standard InChI is InChI=1S/C18H23N3O3/c1-11(2)17-16(13(4)20-24-17)18(23)21(5)10-15(22)19-14-8-6-12(3)7-9-14/h6-9,11H,10H2,1-5H3,(H,19,22). The van der Waals surface area contributed by atoms with Crippen LogP contribution in [0.5, 0.6) is 0 Å². The van der Waals surface area contributed by atoms with Crippen molar-refractivity contribution in [2.24, 2.45) is 0 Å². The average molecular weight is 329 g/mol. The van der Waals surface area contributed by atoms with Gasteiger partial charge < -0.3 is 14.7 Å². The first-order valence-corrected chi connectivity index (χ1v) is 7.87. The molecule has 6 nitrogen and oxygen atoms in total. The number of hydrogen-bond donors (Lipinski definition) is 1. The van der Waals surface area contributed by atoms with Gasteiger partial charge in [0.1, 0.15) is 5.56 Å². The van der Waals surface area contributed by atoms with Crippen LogP contribution in [0.25, 0.3) is 0 Å². The van der Waals surface area contributed by atoms with Gasteiger partial charge in [0.15, 0.2) is 5.76 Å². The first-order valence-electron chi connectivity index (χ1n) is 7.87. The average Bonchev–Trinajstić information content (AvgIpc) is 2.90. The van der Waals surface area contributed by atoms with Crippen molar-refractivity contribution in [2.75, 3.05) is 18.9 Å². The van der Waals surface area contributed by atoms with Gasteiger partial charge in [-0.3, -0.25) is 9.59 Å². The number of amides is 2. The first kappa shape index (κ1) is 17.7. The highest BCUT2D eigenvalue weighted by Gasteiger charge is 2.26. The van der Waals surface area contributed by atoms with Gasteiger partial charge in [-0.2, -0.15) is 0 Å². The van der Waals surface area contributed by atoms with Gasteiger partial charge in [0.2, 0.25) is 5.91 Å². The van der Waals surface area contributed by atoms with Gasteiger partial charge in [0.25, 0.3) is 5.91 Å². The largest absolute Gasteiger partial charge is 0.360 e. The number of aromatic nitrogens is 1. The first-order chi connectivity index (χ1) is 11.3. The molecule has 1 heterocycles. The summed E-state index contributed by atoms with van der Waals surface area (Å²) in [7, 11) is 1.59. The molecule has 0 atom stereocenters. The molecule has 128 valence electrons. The zero-order chi connectivity index (χ0) is 17.9. The van der Waals surface area contributed by atoms with E-state index in [9.17, 15) is 9.59 Å². The molecule has 0 bridgehead atoms. The maximum Gasteiger partial charge on any atom is 0.259 e. The minimum absolute atomic E-state index is 0.0416. The Morgan fingerprint density at radius 2 is 1.83 bits per heavy atom. The highest BCUT2D eigenvalue weighted by molar-refractivity contribution is 6.00. The van der Waals surface area contributed by atoms with Gasteiger partial charge in [-0.1, -0.05) is 36.7 Å². The zero-order valence-electron chi connectivity index (χ0n) is 14.7. The maximum absolute atomic E-state index is 12.6. The number of likely N-dealkylation sites (N-methyl/N-ethyl adjacent to an activating group) is 1. The number of benzene rings is 1. The fourth-order valence-corrected chi connectivity index (χ4v) is 2.36. The van der Waals surface area contributed by atoms with Crippen LogP contribution in [0.15, 0.2) is 28.8 Å². The molecule has 0 aliphatic heterocycles. The molecule has 6 heteroatoms. The zero-order valence-corrected chi connectivity index (χ0v) is 14.7. The molecule has 1 aromatic heterocycles. The molecule has 0 fully saturated rings. The number of anilines is 1. The third-order valence-corrected chi connectivity index (χ3v) is 3.69. The third kappa shape index (κ3) is 4.01. The van der Waals surface area contributed by atoms with Crippen LogP contribution < -0.4 is 5.32 Å². The van der Waals surface area contributed by atoms with Crippen molar-refractivity contribution in [1.29, 1.82) is 0 Å². The summed E-state index contributed by atoms with van der Waals surface area (Å²) in [6.07, 6.45) is 0. The Hall–Kier alpha value is -2.63. The lowest BCUT2D eigenvalue weighted by Gasteiger charge is -2.17. The molecule has 2 aromatic rings. The van der Waals surface area contributed by atoms with Gasteiger partial charge in [-0.05, 0) is 26.0 Å². The number of aryl methyl sites for hydroxylation is 2. The van der Waals surface area contributed by atoms with E-state index in [1.165, 1.54) is 4.90 Å². The number of rotatable bonds is 5. The lowest BCUT2D eigenvalue weighted by Crippen LogP contribution is -2.35. The van der Waals surface area contributed by atoms with Crippen LogP contribution in [0.4, 0.5) is 5.69 Å². The maximum atomic E-state index is 12.6. The van der Waals surface area contributed by atoms with Crippen molar-refractivity contribution in [3.63, 3.8) is 0 Å². The summed E-state index contributed by atoms with van der Waals surface area (Å²) < 4.78 is 5.24. The molecule has 0 saturated heterocycles. The number of carbonyl (C=O) groups excluding carboxylic acids is 2. The monoisotopic (exact) mass is 329 g/mol.